The number of rotatable bonds is 4. The van der Waals surface area contributed by atoms with Gasteiger partial charge in [-0.2, -0.15) is 0 Å². The summed E-state index contributed by atoms with van der Waals surface area (Å²) in [6, 6.07) is 10.5. The number of carbonyl (C=O) groups excluding carboxylic acids is 4. The van der Waals surface area contributed by atoms with Crippen LogP contribution in [0.2, 0.25) is 0 Å². The van der Waals surface area contributed by atoms with E-state index in [1.54, 1.807) is 42.5 Å². The molecule has 2 fully saturated rings. The maximum absolute atomic E-state index is 11.4. The molecule has 2 saturated heterocycles. The van der Waals surface area contributed by atoms with Gasteiger partial charge in [-0.05, 0) is 23.3 Å². The lowest BCUT2D eigenvalue weighted by Gasteiger charge is -2.16. The Kier molecular flexibility index (Phi) is 8.20. The van der Waals surface area contributed by atoms with Crippen molar-refractivity contribution < 1.29 is 44.0 Å². The molecule has 4 unspecified atom stereocenters. The monoisotopic (exact) mass is 488 g/mol. The number of imide groups is 2. The van der Waals surface area contributed by atoms with E-state index < -0.39 is 48.2 Å². The molecular formula is C22H24N4O9. The van der Waals surface area contributed by atoms with Crippen molar-refractivity contribution in [3.05, 3.63) is 59.7 Å². The number of aliphatic hydroxyl groups excluding tert-OH is 3. The first-order valence-electron chi connectivity index (χ1n) is 10.3. The zero-order valence-corrected chi connectivity index (χ0v) is 18.4. The summed E-state index contributed by atoms with van der Waals surface area (Å²) >= 11 is 0. The molecular weight excluding hydrogens is 464 g/mol. The van der Waals surface area contributed by atoms with Crippen LogP contribution in [0.5, 0.6) is 11.5 Å². The van der Waals surface area contributed by atoms with Crippen LogP contribution in [0.15, 0.2) is 48.5 Å². The maximum Gasteiger partial charge on any atom is 0.322 e. The number of nitrogens with one attached hydrogen (secondary N) is 4. The van der Waals surface area contributed by atoms with Crippen molar-refractivity contribution in [2.75, 3.05) is 13.9 Å². The summed E-state index contributed by atoms with van der Waals surface area (Å²) in [7, 11) is 1.00. The summed E-state index contributed by atoms with van der Waals surface area (Å²) in [4.78, 5) is 44.5. The highest BCUT2D eigenvalue weighted by atomic mass is 16.7. The van der Waals surface area contributed by atoms with Crippen molar-refractivity contribution in [2.24, 2.45) is 0 Å². The Balaban J connectivity index is 0.000000186. The van der Waals surface area contributed by atoms with Crippen LogP contribution in [0.4, 0.5) is 9.59 Å². The van der Waals surface area contributed by atoms with Gasteiger partial charge in [0.05, 0.1) is 0 Å². The normalized spacial score (nSPS) is 21.3. The van der Waals surface area contributed by atoms with E-state index in [-0.39, 0.29) is 6.79 Å². The lowest BCUT2D eigenvalue weighted by molar-refractivity contribution is -0.123. The van der Waals surface area contributed by atoms with Crippen LogP contribution in [0.1, 0.15) is 23.3 Å². The Morgan fingerprint density at radius 3 is 1.77 bits per heavy atom. The van der Waals surface area contributed by atoms with Gasteiger partial charge in [-0.15, -0.1) is 0 Å². The van der Waals surface area contributed by atoms with E-state index in [1.807, 2.05) is 6.07 Å². The van der Waals surface area contributed by atoms with E-state index in [4.69, 9.17) is 14.6 Å². The van der Waals surface area contributed by atoms with Gasteiger partial charge in [-0.25, -0.2) is 9.59 Å². The third-order valence-electron chi connectivity index (χ3n) is 5.12. The molecule has 0 aromatic heterocycles. The molecule has 5 rings (SSSR count). The summed E-state index contributed by atoms with van der Waals surface area (Å²) in [5, 5.41) is 35.7. The van der Waals surface area contributed by atoms with Crippen LogP contribution >= 0.6 is 0 Å². The number of benzene rings is 2. The zero-order chi connectivity index (χ0) is 25.5. The molecule has 4 atom stereocenters. The average Bonchev–Trinajstić information content (AvgIpc) is 3.57. The van der Waals surface area contributed by atoms with E-state index in [0.717, 1.165) is 7.11 Å². The van der Waals surface area contributed by atoms with Gasteiger partial charge in [-0.1, -0.05) is 36.4 Å². The van der Waals surface area contributed by atoms with E-state index in [2.05, 4.69) is 21.3 Å². The quantitative estimate of drug-likeness (QED) is 0.269. The van der Waals surface area contributed by atoms with Crippen molar-refractivity contribution in [1.82, 2.24) is 21.3 Å². The Labute approximate surface area is 199 Å². The lowest BCUT2D eigenvalue weighted by atomic mass is 10.0. The predicted molar refractivity (Wildman–Crippen MR) is 118 cm³/mol. The van der Waals surface area contributed by atoms with Crippen molar-refractivity contribution in [3.8, 4) is 11.5 Å². The fourth-order valence-corrected chi connectivity index (χ4v) is 3.44. The first-order chi connectivity index (χ1) is 16.8. The highest BCUT2D eigenvalue weighted by Gasteiger charge is 2.37. The number of ether oxygens (including phenoxy) is 2. The molecule has 2 aromatic carbocycles. The van der Waals surface area contributed by atoms with Crippen LogP contribution in [0, 0.1) is 0 Å². The first kappa shape index (κ1) is 25.4. The molecule has 6 amide bonds. The minimum absolute atomic E-state index is 0.134. The third-order valence-corrected chi connectivity index (χ3v) is 5.12. The van der Waals surface area contributed by atoms with Crippen molar-refractivity contribution in [2.45, 2.75) is 24.3 Å². The highest BCUT2D eigenvalue weighted by Crippen LogP contribution is 2.35. The second-order valence-electron chi connectivity index (χ2n) is 7.29. The van der Waals surface area contributed by atoms with E-state index in [1.165, 1.54) is 0 Å². The van der Waals surface area contributed by atoms with Gasteiger partial charge in [-0.3, -0.25) is 20.2 Å². The van der Waals surface area contributed by atoms with Gasteiger partial charge in [0.2, 0.25) is 6.79 Å². The van der Waals surface area contributed by atoms with E-state index in [9.17, 15) is 29.4 Å². The van der Waals surface area contributed by atoms with Crippen LogP contribution in [0.3, 0.4) is 0 Å². The number of hydrogen-bond acceptors (Lipinski definition) is 9. The second-order valence-corrected chi connectivity index (χ2v) is 7.29. The number of hydrogen-bond donors (Lipinski definition) is 7. The topological polar surface area (TPSA) is 196 Å². The van der Waals surface area contributed by atoms with Crippen molar-refractivity contribution in [3.63, 3.8) is 0 Å². The number of carbonyl (C=O) groups is 4. The predicted octanol–water partition coefficient (Wildman–Crippen LogP) is -0.807. The summed E-state index contributed by atoms with van der Waals surface area (Å²) in [6.07, 6.45) is -2.15. The molecule has 3 heterocycles. The second kappa shape index (κ2) is 11.3. The number of aliphatic hydroxyl groups is 3. The van der Waals surface area contributed by atoms with Crippen LogP contribution in [-0.2, 0) is 9.59 Å². The first-order valence-corrected chi connectivity index (χ1v) is 10.3. The summed E-state index contributed by atoms with van der Waals surface area (Å²) in [5.41, 5.74) is 1.07. The molecule has 0 aliphatic carbocycles. The standard InChI is InChI=1S/C11H10N2O5.C10H10N2O3.CH4O/c14-9(8-10(15)13-11(16)12-8)5-1-2-6-7(3-5)18-4-17-6;13-8(6-4-2-1-3-5-6)7-9(14)12-10(15)11-7;1-2/h1-3,8-9,14H,4H2,(H2,12,13,15,16);1-5,7-8,13H,(H2,11,12,14,15);2H,1H3. The van der Waals surface area contributed by atoms with E-state index in [0.29, 0.717) is 22.6 Å². The van der Waals surface area contributed by atoms with Crippen molar-refractivity contribution in [1.29, 1.82) is 0 Å². The molecule has 3 aliphatic heterocycles. The molecule has 0 bridgehead atoms. The smallest absolute Gasteiger partial charge is 0.322 e. The molecule has 0 radical (unpaired) electrons. The number of amides is 6. The maximum atomic E-state index is 11.4. The highest BCUT2D eigenvalue weighted by molar-refractivity contribution is 6.05. The van der Waals surface area contributed by atoms with Crippen LogP contribution < -0.4 is 30.7 Å². The molecule has 186 valence electrons. The zero-order valence-electron chi connectivity index (χ0n) is 18.4. The van der Waals surface area contributed by atoms with Gasteiger partial charge in [0.1, 0.15) is 24.3 Å². The van der Waals surface area contributed by atoms with Crippen LogP contribution in [-0.4, -0.2) is 65.2 Å². The van der Waals surface area contributed by atoms with Gasteiger partial charge in [0.25, 0.3) is 11.8 Å². The molecule has 2 aromatic rings. The minimum atomic E-state index is -1.13. The minimum Gasteiger partial charge on any atom is -0.454 e. The summed E-state index contributed by atoms with van der Waals surface area (Å²) in [5.74, 6) is 0.0451. The molecule has 35 heavy (non-hydrogen) atoms. The van der Waals surface area contributed by atoms with Crippen molar-refractivity contribution >= 4 is 23.9 Å². The fourth-order valence-electron chi connectivity index (χ4n) is 3.44. The average molecular weight is 488 g/mol. The number of fused-ring (bicyclic) bond motifs is 1. The summed E-state index contributed by atoms with van der Waals surface area (Å²) in [6.45, 7) is 0.134. The Morgan fingerprint density at radius 2 is 1.26 bits per heavy atom. The Bertz CT molecular complexity index is 1100. The van der Waals surface area contributed by atoms with Gasteiger partial charge < -0.3 is 35.4 Å². The molecule has 13 nitrogen and oxygen atoms in total. The molecule has 7 N–H and O–H groups in total. The largest absolute Gasteiger partial charge is 0.454 e. The molecule has 0 saturated carbocycles. The molecule has 13 heteroatoms. The SMILES string of the molecule is CO.O=C1NC(=O)C(C(O)c2ccc3c(c2)OCO3)N1.O=C1NC(=O)C(C(O)c2ccccc2)N1. The van der Waals surface area contributed by atoms with Crippen LogP contribution in [0.25, 0.3) is 0 Å². The van der Waals surface area contributed by atoms with Gasteiger partial charge in [0.15, 0.2) is 11.5 Å². The number of urea groups is 2. The van der Waals surface area contributed by atoms with Gasteiger partial charge in [0, 0.05) is 7.11 Å². The fraction of sp³-hybridized carbons (Fsp3) is 0.273. The molecule has 3 aliphatic rings. The third kappa shape index (κ3) is 5.84. The Morgan fingerprint density at radius 1 is 0.743 bits per heavy atom. The van der Waals surface area contributed by atoms with E-state index >= 15 is 0 Å². The Hall–Kier alpha value is -4.20. The lowest BCUT2D eigenvalue weighted by Crippen LogP contribution is -2.35. The summed E-state index contributed by atoms with van der Waals surface area (Å²) < 4.78 is 10.3. The van der Waals surface area contributed by atoms with Gasteiger partial charge >= 0.3 is 12.1 Å². The molecule has 0 spiro atoms.